The van der Waals surface area contributed by atoms with Crippen molar-refractivity contribution < 1.29 is 13.9 Å². The van der Waals surface area contributed by atoms with Gasteiger partial charge in [0.2, 0.25) is 0 Å². The van der Waals surface area contributed by atoms with Gasteiger partial charge in [0.1, 0.15) is 12.4 Å². The minimum Gasteiger partial charge on any atom is -0.493 e. The number of rotatable bonds is 4. The Bertz CT molecular complexity index is 676. The predicted octanol–water partition coefficient (Wildman–Crippen LogP) is 3.45. The fourth-order valence-corrected chi connectivity index (χ4v) is 2.66. The Morgan fingerprint density at radius 3 is 2.90 bits per heavy atom. The largest absolute Gasteiger partial charge is 0.493 e. The highest BCUT2D eigenvalue weighted by atomic mass is 35.5. The van der Waals surface area contributed by atoms with Gasteiger partial charge in [0.25, 0.3) is 0 Å². The monoisotopic (exact) mass is 307 g/mol. The number of halogens is 2. The van der Waals surface area contributed by atoms with E-state index in [0.29, 0.717) is 18.2 Å². The summed E-state index contributed by atoms with van der Waals surface area (Å²) in [5.74, 6) is 0.579. The summed E-state index contributed by atoms with van der Waals surface area (Å²) >= 11 is 6.08. The number of hydrogen-bond acceptors (Lipinski definition) is 3. The van der Waals surface area contributed by atoms with Crippen molar-refractivity contribution in [1.82, 2.24) is 0 Å². The first-order chi connectivity index (χ1) is 10.2. The van der Waals surface area contributed by atoms with Gasteiger partial charge in [-0.1, -0.05) is 17.7 Å². The molecule has 0 fully saturated rings. The van der Waals surface area contributed by atoms with Gasteiger partial charge in [0.05, 0.1) is 6.61 Å². The molecule has 0 aliphatic carbocycles. The minimum absolute atomic E-state index is 0.193. The molecule has 3 rings (SSSR count). The average molecular weight is 308 g/mol. The fourth-order valence-electron chi connectivity index (χ4n) is 2.40. The van der Waals surface area contributed by atoms with Crippen molar-refractivity contribution in [2.75, 3.05) is 6.61 Å². The van der Waals surface area contributed by atoms with Crippen LogP contribution in [0.25, 0.3) is 0 Å². The highest BCUT2D eigenvalue weighted by molar-refractivity contribution is 6.30. The van der Waals surface area contributed by atoms with Crippen LogP contribution in [-0.4, -0.2) is 6.61 Å². The molecule has 0 aromatic heterocycles. The summed E-state index contributed by atoms with van der Waals surface area (Å²) in [4.78, 5) is 0. The van der Waals surface area contributed by atoms with Gasteiger partial charge in [-0.25, -0.2) is 4.39 Å². The maximum absolute atomic E-state index is 13.9. The molecule has 0 atom stereocenters. The van der Waals surface area contributed by atoms with Crippen molar-refractivity contribution >= 4 is 11.6 Å². The average Bonchev–Trinajstić information content (AvgIpc) is 2.93. The molecular weight excluding hydrogens is 293 g/mol. The molecule has 5 heteroatoms. The Hall–Kier alpha value is -1.78. The van der Waals surface area contributed by atoms with Crippen LogP contribution in [-0.2, 0) is 19.6 Å². The van der Waals surface area contributed by atoms with E-state index in [2.05, 4.69) is 0 Å². The molecule has 2 N–H and O–H groups in total. The van der Waals surface area contributed by atoms with Crippen molar-refractivity contribution in [2.24, 2.45) is 5.73 Å². The second-order valence-electron chi connectivity index (χ2n) is 4.91. The predicted molar refractivity (Wildman–Crippen MR) is 79.3 cm³/mol. The molecule has 2 aromatic rings. The molecule has 0 radical (unpaired) electrons. The van der Waals surface area contributed by atoms with Crippen LogP contribution in [0.2, 0.25) is 5.02 Å². The van der Waals surface area contributed by atoms with E-state index in [-0.39, 0.29) is 12.4 Å². The van der Waals surface area contributed by atoms with Crippen molar-refractivity contribution in [3.63, 3.8) is 0 Å². The fraction of sp³-hybridized carbons (Fsp3) is 0.250. The molecule has 0 amide bonds. The number of nitrogens with two attached hydrogens (primary N) is 1. The third kappa shape index (κ3) is 2.96. The van der Waals surface area contributed by atoms with Gasteiger partial charge in [-0.15, -0.1) is 0 Å². The Kier molecular flexibility index (Phi) is 3.99. The van der Waals surface area contributed by atoms with Crippen molar-refractivity contribution in [3.8, 4) is 11.5 Å². The van der Waals surface area contributed by atoms with Crippen LogP contribution in [0.1, 0.15) is 16.7 Å². The second kappa shape index (κ2) is 5.92. The number of benzene rings is 2. The smallest absolute Gasteiger partial charge is 0.165 e. The number of hydrogen-bond donors (Lipinski definition) is 1. The first kappa shape index (κ1) is 14.2. The van der Waals surface area contributed by atoms with E-state index < -0.39 is 5.82 Å². The van der Waals surface area contributed by atoms with E-state index in [1.807, 2.05) is 6.07 Å². The van der Waals surface area contributed by atoms with Crippen LogP contribution < -0.4 is 15.2 Å². The minimum atomic E-state index is -0.419. The summed E-state index contributed by atoms with van der Waals surface area (Å²) in [6, 6.07) is 8.40. The summed E-state index contributed by atoms with van der Waals surface area (Å²) in [5.41, 5.74) is 8.10. The van der Waals surface area contributed by atoms with Crippen molar-refractivity contribution in [3.05, 3.63) is 57.9 Å². The lowest BCUT2D eigenvalue weighted by molar-refractivity contribution is 0.279. The maximum Gasteiger partial charge on any atom is 0.165 e. The topological polar surface area (TPSA) is 44.5 Å². The molecule has 0 bridgehead atoms. The summed E-state index contributed by atoms with van der Waals surface area (Å²) in [6.45, 7) is 1.15. The molecule has 0 spiro atoms. The molecule has 0 saturated heterocycles. The number of ether oxygens (including phenoxy) is 2. The summed E-state index contributed by atoms with van der Waals surface area (Å²) in [5, 5.41) is 0.636. The molecule has 1 aliphatic heterocycles. The van der Waals surface area contributed by atoms with Gasteiger partial charge < -0.3 is 15.2 Å². The van der Waals surface area contributed by atoms with Gasteiger partial charge in [0, 0.05) is 23.6 Å². The Morgan fingerprint density at radius 1 is 1.29 bits per heavy atom. The Morgan fingerprint density at radius 2 is 2.14 bits per heavy atom. The molecule has 21 heavy (non-hydrogen) atoms. The first-order valence-corrected chi connectivity index (χ1v) is 7.10. The zero-order valence-corrected chi connectivity index (χ0v) is 12.1. The van der Waals surface area contributed by atoms with Gasteiger partial charge in [-0.2, -0.15) is 0 Å². The van der Waals surface area contributed by atoms with Crippen LogP contribution in [0, 0.1) is 5.82 Å². The normalized spacial score (nSPS) is 12.9. The van der Waals surface area contributed by atoms with Crippen molar-refractivity contribution in [2.45, 2.75) is 19.6 Å². The molecule has 3 nitrogen and oxygen atoms in total. The summed E-state index contributed by atoms with van der Waals surface area (Å²) in [6.07, 6.45) is 0.836. The van der Waals surface area contributed by atoms with Gasteiger partial charge in [-0.05, 0) is 35.4 Å². The molecule has 1 aliphatic rings. The number of fused-ring (bicyclic) bond motifs is 1. The zero-order valence-electron chi connectivity index (χ0n) is 11.4. The third-order valence-corrected chi connectivity index (χ3v) is 3.66. The summed E-state index contributed by atoms with van der Waals surface area (Å²) < 4.78 is 25.0. The van der Waals surface area contributed by atoms with Crippen LogP contribution in [0.5, 0.6) is 11.5 Å². The van der Waals surface area contributed by atoms with Gasteiger partial charge in [-0.3, -0.25) is 0 Å². The molecule has 2 aromatic carbocycles. The lowest BCUT2D eigenvalue weighted by Crippen LogP contribution is -2.02. The summed E-state index contributed by atoms with van der Waals surface area (Å²) in [7, 11) is 0. The van der Waals surface area contributed by atoms with E-state index in [9.17, 15) is 4.39 Å². The second-order valence-corrected chi connectivity index (χ2v) is 5.35. The van der Waals surface area contributed by atoms with Crippen LogP contribution in [0.3, 0.4) is 0 Å². The van der Waals surface area contributed by atoms with Gasteiger partial charge in [0.15, 0.2) is 11.6 Å². The molecule has 0 unspecified atom stereocenters. The highest BCUT2D eigenvalue weighted by Crippen LogP contribution is 2.33. The molecular formula is C16H15ClFNO2. The van der Waals surface area contributed by atoms with E-state index in [1.54, 1.807) is 18.2 Å². The van der Waals surface area contributed by atoms with Crippen LogP contribution in [0.15, 0.2) is 30.3 Å². The van der Waals surface area contributed by atoms with Crippen LogP contribution in [0.4, 0.5) is 4.39 Å². The zero-order chi connectivity index (χ0) is 14.8. The lowest BCUT2D eigenvalue weighted by Gasteiger charge is -2.11. The Balaban J connectivity index is 1.79. The molecule has 110 valence electrons. The Labute approximate surface area is 127 Å². The quantitative estimate of drug-likeness (QED) is 0.941. The third-order valence-electron chi connectivity index (χ3n) is 3.44. The van der Waals surface area contributed by atoms with Gasteiger partial charge >= 0.3 is 0 Å². The van der Waals surface area contributed by atoms with E-state index >= 15 is 0 Å². The van der Waals surface area contributed by atoms with E-state index in [0.717, 1.165) is 28.9 Å². The first-order valence-electron chi connectivity index (χ1n) is 6.73. The van der Waals surface area contributed by atoms with E-state index in [4.69, 9.17) is 26.8 Å². The van der Waals surface area contributed by atoms with Crippen molar-refractivity contribution in [1.29, 1.82) is 0 Å². The maximum atomic E-state index is 13.9. The van der Waals surface area contributed by atoms with Crippen LogP contribution >= 0.6 is 11.6 Å². The lowest BCUT2D eigenvalue weighted by atomic mass is 10.1. The standard InChI is InChI=1S/C16H15ClFNO2/c17-13-6-11-3-4-20-16(11)12(7-13)9-21-15-2-1-10(8-19)5-14(15)18/h1-2,5-7H,3-4,8-9,19H2. The SMILES string of the molecule is NCc1ccc(OCc2cc(Cl)cc3c2OCC3)c(F)c1. The molecule has 1 heterocycles. The highest BCUT2D eigenvalue weighted by Gasteiger charge is 2.18. The molecule has 0 saturated carbocycles. The van der Waals surface area contributed by atoms with E-state index in [1.165, 1.54) is 6.07 Å².